The molecule has 0 bridgehead atoms. The van der Waals surface area contributed by atoms with Crippen molar-refractivity contribution in [2.45, 2.75) is 64.8 Å². The van der Waals surface area contributed by atoms with E-state index >= 15 is 0 Å². The number of imidazole rings is 1. The highest BCUT2D eigenvalue weighted by atomic mass is 19.4. The van der Waals surface area contributed by atoms with E-state index < -0.39 is 24.1 Å². The van der Waals surface area contributed by atoms with E-state index in [-0.39, 0.29) is 19.4 Å². The molecule has 1 aliphatic carbocycles. The Hall–Kier alpha value is -2.16. The number of aromatic nitrogens is 3. The fourth-order valence-corrected chi connectivity index (χ4v) is 2.73. The molecule has 3 rings (SSSR count). The number of hydrogen-bond donors (Lipinski definition) is 2. The third-order valence-electron chi connectivity index (χ3n) is 4.48. The van der Waals surface area contributed by atoms with Gasteiger partial charge in [0.15, 0.2) is 11.2 Å². The van der Waals surface area contributed by atoms with Gasteiger partial charge >= 0.3 is 6.18 Å². The molecule has 9 heteroatoms. The third-order valence-corrected chi connectivity index (χ3v) is 4.48. The molecule has 6 nitrogen and oxygen atoms in total. The van der Waals surface area contributed by atoms with Crippen LogP contribution in [0.3, 0.4) is 0 Å². The Morgan fingerprint density at radius 1 is 1.35 bits per heavy atom. The Kier molecular flexibility index (Phi) is 5.32. The largest absolute Gasteiger partial charge is 0.417 e. The van der Waals surface area contributed by atoms with E-state index in [2.05, 4.69) is 15.3 Å². The molecule has 1 saturated carbocycles. The zero-order valence-electron chi connectivity index (χ0n) is 13.9. The van der Waals surface area contributed by atoms with Crippen molar-refractivity contribution in [2.75, 3.05) is 5.32 Å². The van der Waals surface area contributed by atoms with Crippen LogP contribution in [0.2, 0.25) is 0 Å². The number of halogens is 3. The molecule has 2 N–H and O–H groups in total. The van der Waals surface area contributed by atoms with Gasteiger partial charge in [-0.1, -0.05) is 7.43 Å². The lowest BCUT2D eigenvalue weighted by Crippen LogP contribution is -2.45. The van der Waals surface area contributed by atoms with E-state index in [9.17, 15) is 23.1 Å². The van der Waals surface area contributed by atoms with E-state index in [4.69, 9.17) is 0 Å². The summed E-state index contributed by atoms with van der Waals surface area (Å²) < 4.78 is 40.0. The number of nitrogens with zero attached hydrogens (tertiary/aromatic N) is 3. The molecule has 1 aliphatic rings. The molecule has 1 fully saturated rings. The molecule has 0 saturated heterocycles. The van der Waals surface area contributed by atoms with Crippen molar-refractivity contribution in [1.82, 2.24) is 14.5 Å². The summed E-state index contributed by atoms with van der Waals surface area (Å²) >= 11 is 0. The van der Waals surface area contributed by atoms with Gasteiger partial charge in [0.1, 0.15) is 5.52 Å². The second kappa shape index (κ2) is 6.86. The number of nitrogens with one attached hydrogen (secondary N) is 1. The number of fused-ring (bicyclic) bond motifs is 1. The summed E-state index contributed by atoms with van der Waals surface area (Å²) in [5.41, 5.74) is -1.15. The van der Waals surface area contributed by atoms with Gasteiger partial charge in [-0.2, -0.15) is 13.2 Å². The van der Waals surface area contributed by atoms with Crippen LogP contribution in [0.1, 0.15) is 51.8 Å². The normalized spacial score (nSPS) is 17.3. The molecule has 2 aromatic heterocycles. The smallest absolute Gasteiger partial charge is 0.380 e. The average molecular weight is 372 g/mol. The predicted octanol–water partition coefficient (Wildman–Crippen LogP) is 3.74. The lowest BCUT2D eigenvalue weighted by atomic mass is 9.93. The summed E-state index contributed by atoms with van der Waals surface area (Å²) in [6, 6.07) is 3.65. The van der Waals surface area contributed by atoms with Crippen molar-refractivity contribution in [2.24, 2.45) is 0 Å². The van der Waals surface area contributed by atoms with Crippen LogP contribution in [0.5, 0.6) is 0 Å². The van der Waals surface area contributed by atoms with Crippen LogP contribution in [-0.4, -0.2) is 37.3 Å². The topological polar surface area (TPSA) is 80.0 Å². The highest BCUT2D eigenvalue weighted by Gasteiger charge is 2.51. The zero-order chi connectivity index (χ0) is 18.4. The summed E-state index contributed by atoms with van der Waals surface area (Å²) in [5, 5.41) is 11.9. The molecular weight excluding hydrogens is 349 g/mol. The Labute approximate surface area is 149 Å². The number of hydrogen-bond acceptors (Lipinski definition) is 4. The summed E-state index contributed by atoms with van der Waals surface area (Å²) in [6.07, 6.45) is -3.17. The number of pyridine rings is 1. The van der Waals surface area contributed by atoms with Gasteiger partial charge < -0.3 is 5.11 Å². The quantitative estimate of drug-likeness (QED) is 0.857. The average Bonchev–Trinajstić information content (AvgIpc) is 2.73. The second-order valence-electron chi connectivity index (χ2n) is 6.68. The Bertz CT molecular complexity index is 810. The van der Waals surface area contributed by atoms with Crippen LogP contribution in [0.15, 0.2) is 12.1 Å². The first kappa shape index (κ1) is 20.2. The standard InChI is InChI=1S/C16H19F3N4O2.CH4/c1-9-6-7-11-13(20-9)23(10-4-3-5-10)14(21-11)22-12(24)8-15(2,25)16(17,18)19;/h6-7,10,25H,3-5,8H2,1-2H3,(H,21,22,24);1H4. The van der Waals surface area contributed by atoms with Gasteiger partial charge in [0.25, 0.3) is 0 Å². The van der Waals surface area contributed by atoms with Crippen molar-refractivity contribution in [3.05, 3.63) is 17.8 Å². The van der Waals surface area contributed by atoms with Crippen molar-refractivity contribution >= 4 is 23.0 Å². The molecular formula is C17H23F3N4O2. The van der Waals surface area contributed by atoms with E-state index in [0.717, 1.165) is 25.0 Å². The summed E-state index contributed by atoms with van der Waals surface area (Å²) in [7, 11) is 0. The van der Waals surface area contributed by atoms with Gasteiger partial charge in [0.05, 0.1) is 6.42 Å². The molecule has 0 spiro atoms. The third kappa shape index (κ3) is 3.67. The maximum atomic E-state index is 12.8. The highest BCUT2D eigenvalue weighted by molar-refractivity contribution is 5.91. The number of rotatable bonds is 4. The van der Waals surface area contributed by atoms with Crippen LogP contribution in [-0.2, 0) is 4.79 Å². The number of aliphatic hydroxyl groups is 1. The molecule has 0 aromatic carbocycles. The van der Waals surface area contributed by atoms with Crippen LogP contribution in [0.25, 0.3) is 11.2 Å². The van der Waals surface area contributed by atoms with Crippen molar-refractivity contribution in [3.8, 4) is 0 Å². The van der Waals surface area contributed by atoms with E-state index in [1.165, 1.54) is 0 Å². The zero-order valence-corrected chi connectivity index (χ0v) is 13.9. The molecule has 0 aliphatic heterocycles. The molecule has 144 valence electrons. The van der Waals surface area contributed by atoms with Gasteiger partial charge in [0, 0.05) is 11.7 Å². The summed E-state index contributed by atoms with van der Waals surface area (Å²) in [5.74, 6) is -0.782. The fraction of sp³-hybridized carbons (Fsp3) is 0.588. The Balaban J connectivity index is 0.00000243. The number of carbonyl (C=O) groups excluding carboxylic acids is 1. The molecule has 1 unspecified atom stereocenters. The van der Waals surface area contributed by atoms with Gasteiger partial charge in [-0.05, 0) is 45.2 Å². The number of amides is 1. The molecule has 26 heavy (non-hydrogen) atoms. The van der Waals surface area contributed by atoms with Crippen molar-refractivity contribution in [1.29, 1.82) is 0 Å². The SMILES string of the molecule is C.Cc1ccc2nc(NC(=O)CC(C)(O)C(F)(F)F)n(C3CCC3)c2n1. The molecule has 2 heterocycles. The number of anilines is 1. The summed E-state index contributed by atoms with van der Waals surface area (Å²) in [4.78, 5) is 20.8. The lowest BCUT2D eigenvalue weighted by Gasteiger charge is -2.29. The van der Waals surface area contributed by atoms with Crippen LogP contribution < -0.4 is 5.32 Å². The van der Waals surface area contributed by atoms with E-state index in [1.807, 2.05) is 6.92 Å². The second-order valence-corrected chi connectivity index (χ2v) is 6.68. The van der Waals surface area contributed by atoms with E-state index in [1.54, 1.807) is 16.7 Å². The maximum Gasteiger partial charge on any atom is 0.417 e. The monoisotopic (exact) mass is 372 g/mol. The van der Waals surface area contributed by atoms with Crippen molar-refractivity contribution in [3.63, 3.8) is 0 Å². The van der Waals surface area contributed by atoms with Crippen LogP contribution in [0.4, 0.5) is 19.1 Å². The van der Waals surface area contributed by atoms with Crippen LogP contribution in [0, 0.1) is 6.92 Å². The first-order valence-electron chi connectivity index (χ1n) is 8.03. The predicted molar refractivity (Wildman–Crippen MR) is 91.8 cm³/mol. The number of alkyl halides is 3. The molecule has 2 aromatic rings. The van der Waals surface area contributed by atoms with Crippen LogP contribution >= 0.6 is 0 Å². The Morgan fingerprint density at radius 3 is 2.54 bits per heavy atom. The van der Waals surface area contributed by atoms with Crippen molar-refractivity contribution < 1.29 is 23.1 Å². The minimum atomic E-state index is -4.89. The van der Waals surface area contributed by atoms with Gasteiger partial charge in [-0.3, -0.25) is 14.7 Å². The molecule has 1 amide bonds. The minimum absolute atomic E-state index is 0. The number of aryl methyl sites for hydroxylation is 1. The summed E-state index contributed by atoms with van der Waals surface area (Å²) in [6.45, 7) is 2.41. The molecule has 1 atom stereocenters. The molecule has 0 radical (unpaired) electrons. The first-order chi connectivity index (χ1) is 11.6. The van der Waals surface area contributed by atoms with Gasteiger partial charge in [0.2, 0.25) is 11.9 Å². The Morgan fingerprint density at radius 2 is 2.00 bits per heavy atom. The van der Waals surface area contributed by atoms with E-state index in [0.29, 0.717) is 18.1 Å². The number of carbonyl (C=O) groups is 1. The fourth-order valence-electron chi connectivity index (χ4n) is 2.73. The van der Waals surface area contributed by atoms with Gasteiger partial charge in [-0.15, -0.1) is 0 Å². The lowest BCUT2D eigenvalue weighted by molar-refractivity contribution is -0.252. The first-order valence-corrected chi connectivity index (χ1v) is 8.03. The minimum Gasteiger partial charge on any atom is -0.380 e. The maximum absolute atomic E-state index is 12.8. The van der Waals surface area contributed by atoms with Gasteiger partial charge in [-0.25, -0.2) is 9.97 Å². The highest BCUT2D eigenvalue weighted by Crippen LogP contribution is 2.37.